The molecule has 1 unspecified atom stereocenters. The van der Waals surface area contributed by atoms with Crippen molar-refractivity contribution in [2.24, 2.45) is 0 Å². The van der Waals surface area contributed by atoms with Crippen molar-refractivity contribution in [2.45, 2.75) is 52.1 Å². The number of imide groups is 1. The fraction of sp³-hybridized carbons (Fsp3) is 0.667. The summed E-state index contributed by atoms with van der Waals surface area (Å²) in [6, 6.07) is -0.615. The van der Waals surface area contributed by atoms with Crippen LogP contribution in [0.25, 0.3) is 0 Å². The summed E-state index contributed by atoms with van der Waals surface area (Å²) in [5.74, 6) is 0.692. The third kappa shape index (κ3) is 2.75. The molecule has 0 aromatic carbocycles. The lowest BCUT2D eigenvalue weighted by molar-refractivity contribution is -0.140. The molecule has 104 valence electrons. The summed E-state index contributed by atoms with van der Waals surface area (Å²) in [6.07, 6.45) is 0.188. The molecule has 1 aromatic heterocycles. The van der Waals surface area contributed by atoms with Crippen molar-refractivity contribution in [1.82, 2.24) is 14.3 Å². The number of hydrogen-bond acceptors (Lipinski definition) is 6. The van der Waals surface area contributed by atoms with Gasteiger partial charge < -0.3 is 5.32 Å². The molecule has 1 aliphatic heterocycles. The molecule has 1 saturated heterocycles. The van der Waals surface area contributed by atoms with Gasteiger partial charge in [0.25, 0.3) is 5.91 Å². The number of anilines is 1. The van der Waals surface area contributed by atoms with E-state index in [1.807, 2.05) is 27.7 Å². The Labute approximate surface area is 116 Å². The van der Waals surface area contributed by atoms with Crippen molar-refractivity contribution >= 4 is 28.5 Å². The van der Waals surface area contributed by atoms with Crippen LogP contribution in [0.1, 0.15) is 45.9 Å². The maximum absolute atomic E-state index is 12.1. The minimum Gasteiger partial charge on any atom is -0.348 e. The average molecular weight is 282 g/mol. The van der Waals surface area contributed by atoms with Crippen LogP contribution in [0.5, 0.6) is 0 Å². The van der Waals surface area contributed by atoms with Crippen LogP contribution >= 0.6 is 11.5 Å². The Hall–Kier alpha value is -1.50. The maximum atomic E-state index is 12.1. The van der Waals surface area contributed by atoms with Gasteiger partial charge in [-0.15, -0.1) is 0 Å². The number of rotatable bonds is 4. The van der Waals surface area contributed by atoms with Crippen LogP contribution in [0.2, 0.25) is 0 Å². The third-order valence-corrected chi connectivity index (χ3v) is 3.62. The number of hydrogen-bond donors (Lipinski definition) is 1. The standard InChI is InChI=1S/C12H18N4O2S/c1-6(2)10-14-12(19-15-10)13-8-5-9(17)16(7(3)4)11(8)18/h6-8H,5H2,1-4H3,(H,13,14,15). The Morgan fingerprint density at radius 2 is 2.00 bits per heavy atom. The molecule has 2 rings (SSSR count). The van der Waals surface area contributed by atoms with Gasteiger partial charge in [0.05, 0.1) is 6.42 Å². The molecule has 1 fully saturated rings. The van der Waals surface area contributed by atoms with Gasteiger partial charge in [-0.05, 0) is 13.8 Å². The van der Waals surface area contributed by atoms with Gasteiger partial charge in [0.2, 0.25) is 11.0 Å². The van der Waals surface area contributed by atoms with Crippen molar-refractivity contribution in [3.05, 3.63) is 5.82 Å². The van der Waals surface area contributed by atoms with E-state index in [1.54, 1.807) is 0 Å². The fourth-order valence-electron chi connectivity index (χ4n) is 1.98. The zero-order valence-electron chi connectivity index (χ0n) is 11.5. The van der Waals surface area contributed by atoms with Gasteiger partial charge in [0, 0.05) is 23.5 Å². The van der Waals surface area contributed by atoms with E-state index in [0.29, 0.717) is 5.13 Å². The van der Waals surface area contributed by atoms with E-state index >= 15 is 0 Å². The molecular weight excluding hydrogens is 264 g/mol. The topological polar surface area (TPSA) is 75.2 Å². The van der Waals surface area contributed by atoms with E-state index < -0.39 is 6.04 Å². The summed E-state index contributed by atoms with van der Waals surface area (Å²) >= 11 is 1.22. The predicted molar refractivity (Wildman–Crippen MR) is 73.0 cm³/mol. The lowest BCUT2D eigenvalue weighted by Crippen LogP contribution is -2.39. The van der Waals surface area contributed by atoms with Gasteiger partial charge in [-0.25, -0.2) is 4.98 Å². The third-order valence-electron chi connectivity index (χ3n) is 2.96. The summed E-state index contributed by atoms with van der Waals surface area (Å²) < 4.78 is 4.21. The highest BCUT2D eigenvalue weighted by molar-refractivity contribution is 7.09. The van der Waals surface area contributed by atoms with Gasteiger partial charge in [-0.3, -0.25) is 14.5 Å². The smallest absolute Gasteiger partial charge is 0.252 e. The highest BCUT2D eigenvalue weighted by Crippen LogP contribution is 2.23. The Morgan fingerprint density at radius 1 is 1.32 bits per heavy atom. The number of nitrogens with zero attached hydrogens (tertiary/aromatic N) is 3. The van der Waals surface area contributed by atoms with Gasteiger partial charge in [-0.2, -0.15) is 4.37 Å². The fourth-order valence-corrected chi connectivity index (χ4v) is 2.74. The lowest BCUT2D eigenvalue weighted by Gasteiger charge is -2.18. The van der Waals surface area contributed by atoms with E-state index in [0.717, 1.165) is 5.82 Å². The minimum absolute atomic E-state index is 0.104. The molecule has 1 atom stereocenters. The molecule has 6 nitrogen and oxygen atoms in total. The molecule has 19 heavy (non-hydrogen) atoms. The number of nitrogens with one attached hydrogen (secondary N) is 1. The molecule has 1 aliphatic rings. The van der Waals surface area contributed by atoms with E-state index in [9.17, 15) is 9.59 Å². The molecule has 1 aromatic rings. The molecular formula is C12H18N4O2S. The van der Waals surface area contributed by atoms with E-state index in [-0.39, 0.29) is 30.2 Å². The van der Waals surface area contributed by atoms with Crippen molar-refractivity contribution < 1.29 is 9.59 Å². The first kappa shape index (κ1) is 13.9. The number of aromatic nitrogens is 2. The molecule has 0 aliphatic carbocycles. The second kappa shape index (κ2) is 5.24. The van der Waals surface area contributed by atoms with Gasteiger partial charge in [0.15, 0.2) is 0 Å². The summed E-state index contributed by atoms with van der Waals surface area (Å²) in [6.45, 7) is 7.69. The normalized spacial score (nSPS) is 19.9. The highest BCUT2D eigenvalue weighted by atomic mass is 32.1. The van der Waals surface area contributed by atoms with Crippen molar-refractivity contribution in [1.29, 1.82) is 0 Å². The van der Waals surface area contributed by atoms with Crippen LogP contribution in [-0.4, -0.2) is 38.2 Å². The number of likely N-dealkylation sites (tertiary alicyclic amines) is 1. The van der Waals surface area contributed by atoms with Crippen LogP contribution in [-0.2, 0) is 9.59 Å². The summed E-state index contributed by atoms with van der Waals surface area (Å²) in [5, 5.41) is 3.61. The van der Waals surface area contributed by atoms with Crippen LogP contribution in [0.3, 0.4) is 0 Å². The molecule has 2 amide bonds. The first-order valence-corrected chi connectivity index (χ1v) is 7.13. The average Bonchev–Trinajstić information content (AvgIpc) is 2.85. The summed E-state index contributed by atoms with van der Waals surface area (Å²) in [4.78, 5) is 29.5. The first-order valence-electron chi connectivity index (χ1n) is 6.36. The van der Waals surface area contributed by atoms with Crippen LogP contribution in [0.15, 0.2) is 0 Å². The molecule has 2 heterocycles. The predicted octanol–water partition coefficient (Wildman–Crippen LogP) is 1.61. The van der Waals surface area contributed by atoms with Crippen LogP contribution in [0.4, 0.5) is 5.13 Å². The Bertz CT molecular complexity index is 498. The molecule has 0 spiro atoms. The van der Waals surface area contributed by atoms with E-state index in [1.165, 1.54) is 16.4 Å². The minimum atomic E-state index is -0.511. The molecule has 0 bridgehead atoms. The second-order valence-electron chi connectivity index (χ2n) is 5.21. The largest absolute Gasteiger partial charge is 0.348 e. The highest BCUT2D eigenvalue weighted by Gasteiger charge is 2.40. The molecule has 0 radical (unpaired) electrons. The Balaban J connectivity index is 2.07. The van der Waals surface area contributed by atoms with E-state index in [4.69, 9.17) is 0 Å². The van der Waals surface area contributed by atoms with Gasteiger partial charge in [-0.1, -0.05) is 13.8 Å². The number of carbonyl (C=O) groups is 2. The first-order chi connectivity index (χ1) is 8.90. The van der Waals surface area contributed by atoms with Crippen molar-refractivity contribution in [3.63, 3.8) is 0 Å². The Morgan fingerprint density at radius 3 is 2.47 bits per heavy atom. The summed E-state index contributed by atoms with van der Waals surface area (Å²) in [7, 11) is 0. The molecule has 1 N–H and O–H groups in total. The maximum Gasteiger partial charge on any atom is 0.252 e. The van der Waals surface area contributed by atoms with Gasteiger partial charge >= 0.3 is 0 Å². The van der Waals surface area contributed by atoms with Gasteiger partial charge in [0.1, 0.15) is 11.9 Å². The van der Waals surface area contributed by atoms with Crippen LogP contribution < -0.4 is 5.32 Å². The lowest BCUT2D eigenvalue weighted by atomic mass is 10.2. The monoisotopic (exact) mass is 282 g/mol. The van der Waals surface area contributed by atoms with E-state index in [2.05, 4.69) is 14.7 Å². The molecule has 7 heteroatoms. The number of amides is 2. The van der Waals surface area contributed by atoms with Crippen molar-refractivity contribution in [2.75, 3.05) is 5.32 Å². The second-order valence-corrected chi connectivity index (χ2v) is 5.96. The zero-order chi connectivity index (χ0) is 14.2. The zero-order valence-corrected chi connectivity index (χ0v) is 12.3. The molecule has 0 saturated carbocycles. The van der Waals surface area contributed by atoms with Crippen LogP contribution in [0, 0.1) is 0 Å². The summed E-state index contributed by atoms with van der Waals surface area (Å²) in [5.41, 5.74) is 0. The number of carbonyl (C=O) groups excluding carboxylic acids is 2. The Kier molecular flexibility index (Phi) is 3.84. The SMILES string of the molecule is CC(C)c1nsc(NC2CC(=O)N(C(C)C)C2=O)n1. The quantitative estimate of drug-likeness (QED) is 0.849. The van der Waals surface area contributed by atoms with Crippen molar-refractivity contribution in [3.8, 4) is 0 Å².